The number of hydrogen-bond donors (Lipinski definition) is 4. The summed E-state index contributed by atoms with van der Waals surface area (Å²) in [7, 11) is 3.66. The predicted molar refractivity (Wildman–Crippen MR) is 71.6 cm³/mol. The van der Waals surface area contributed by atoms with Gasteiger partial charge in [-0.25, -0.2) is 5.84 Å². The molecular formula is C10H18N8O. The van der Waals surface area contributed by atoms with E-state index in [9.17, 15) is 4.79 Å². The van der Waals surface area contributed by atoms with Crippen molar-refractivity contribution in [1.29, 1.82) is 0 Å². The van der Waals surface area contributed by atoms with Gasteiger partial charge in [-0.2, -0.15) is 15.0 Å². The maximum Gasteiger partial charge on any atom is 0.243 e. The number of nitrogens with two attached hydrogens (primary N) is 1. The second kappa shape index (κ2) is 5.65. The van der Waals surface area contributed by atoms with Crippen molar-refractivity contribution < 1.29 is 4.79 Å². The molecule has 0 spiro atoms. The first-order valence-corrected chi connectivity index (χ1v) is 6.01. The minimum absolute atomic E-state index is 0.0840. The molecular weight excluding hydrogens is 248 g/mol. The van der Waals surface area contributed by atoms with Gasteiger partial charge in [-0.05, 0) is 6.42 Å². The smallest absolute Gasteiger partial charge is 0.243 e. The number of carbonyl (C=O) groups excluding carboxylic acids is 1. The standard InChI is InChI=1S/C10H18N8O/c1-18(2)10-15-8(14-9(16-10)17-11)12-5-6-3-4-7(19)13-6/h6H,3-5,11H2,1-2H3,(H,13,19)(H2,12,14,15,16,17). The Bertz CT molecular complexity index is 463. The highest BCUT2D eigenvalue weighted by atomic mass is 16.1. The maximum atomic E-state index is 11.1. The molecule has 0 bridgehead atoms. The Labute approximate surface area is 111 Å². The molecule has 1 aliphatic rings. The largest absolute Gasteiger partial charge is 0.352 e. The summed E-state index contributed by atoms with van der Waals surface area (Å²) < 4.78 is 0. The molecule has 1 amide bonds. The number of nitrogens with one attached hydrogen (secondary N) is 3. The molecule has 19 heavy (non-hydrogen) atoms. The van der Waals surface area contributed by atoms with Crippen LogP contribution in [0, 0.1) is 0 Å². The van der Waals surface area contributed by atoms with Crippen LogP contribution < -0.4 is 26.8 Å². The first-order chi connectivity index (χ1) is 9.08. The Morgan fingerprint density at radius 2 is 2.11 bits per heavy atom. The van der Waals surface area contributed by atoms with Gasteiger partial charge in [-0.15, -0.1) is 0 Å². The van der Waals surface area contributed by atoms with E-state index in [1.165, 1.54) is 0 Å². The number of amides is 1. The number of nitrogens with zero attached hydrogens (tertiary/aromatic N) is 4. The number of anilines is 3. The molecule has 1 aromatic heterocycles. The Kier molecular flexibility index (Phi) is 3.95. The average Bonchev–Trinajstić information content (AvgIpc) is 2.81. The summed E-state index contributed by atoms with van der Waals surface area (Å²) in [6, 6.07) is 0.112. The second-order valence-electron chi connectivity index (χ2n) is 4.51. The lowest BCUT2D eigenvalue weighted by molar-refractivity contribution is -0.119. The van der Waals surface area contributed by atoms with Gasteiger partial charge in [-0.1, -0.05) is 0 Å². The van der Waals surface area contributed by atoms with Crippen LogP contribution in [-0.2, 0) is 4.79 Å². The third kappa shape index (κ3) is 3.41. The van der Waals surface area contributed by atoms with Crippen LogP contribution in [0.5, 0.6) is 0 Å². The maximum absolute atomic E-state index is 11.1. The topological polar surface area (TPSA) is 121 Å². The zero-order valence-corrected chi connectivity index (χ0v) is 11.0. The lowest BCUT2D eigenvalue weighted by Gasteiger charge is -2.15. The van der Waals surface area contributed by atoms with Crippen molar-refractivity contribution in [2.24, 2.45) is 5.84 Å². The van der Waals surface area contributed by atoms with Gasteiger partial charge in [0.2, 0.25) is 23.8 Å². The number of hydrogen-bond acceptors (Lipinski definition) is 8. The molecule has 104 valence electrons. The number of nitrogen functional groups attached to an aromatic ring is 1. The van der Waals surface area contributed by atoms with Gasteiger partial charge in [-0.3, -0.25) is 10.2 Å². The molecule has 2 rings (SSSR count). The summed E-state index contributed by atoms with van der Waals surface area (Å²) in [5, 5.41) is 5.94. The summed E-state index contributed by atoms with van der Waals surface area (Å²) in [5.41, 5.74) is 2.40. The van der Waals surface area contributed by atoms with E-state index in [4.69, 9.17) is 5.84 Å². The van der Waals surface area contributed by atoms with E-state index in [2.05, 4.69) is 31.0 Å². The lowest BCUT2D eigenvalue weighted by Crippen LogP contribution is -2.32. The molecule has 0 saturated carbocycles. The normalized spacial score (nSPS) is 18.1. The summed E-state index contributed by atoms with van der Waals surface area (Å²) in [6.45, 7) is 0.576. The minimum Gasteiger partial charge on any atom is -0.352 e. The van der Waals surface area contributed by atoms with Crippen molar-refractivity contribution in [2.75, 3.05) is 36.3 Å². The average molecular weight is 266 g/mol. The van der Waals surface area contributed by atoms with Gasteiger partial charge in [0, 0.05) is 33.1 Å². The van der Waals surface area contributed by atoms with Crippen LogP contribution in [0.4, 0.5) is 17.8 Å². The highest BCUT2D eigenvalue weighted by Crippen LogP contribution is 2.12. The molecule has 0 radical (unpaired) electrons. The Hall–Kier alpha value is -2.16. The number of rotatable bonds is 5. The fraction of sp³-hybridized carbons (Fsp3) is 0.600. The van der Waals surface area contributed by atoms with Crippen molar-refractivity contribution in [3.8, 4) is 0 Å². The van der Waals surface area contributed by atoms with Crippen molar-refractivity contribution >= 4 is 23.8 Å². The summed E-state index contributed by atoms with van der Waals surface area (Å²) in [6.07, 6.45) is 1.39. The first-order valence-electron chi connectivity index (χ1n) is 6.01. The van der Waals surface area contributed by atoms with Gasteiger partial charge in [0.15, 0.2) is 0 Å². The molecule has 1 aliphatic heterocycles. The number of aromatic nitrogens is 3. The van der Waals surface area contributed by atoms with E-state index < -0.39 is 0 Å². The summed E-state index contributed by atoms with van der Waals surface area (Å²) in [4.78, 5) is 25.3. The molecule has 9 nitrogen and oxygen atoms in total. The highest BCUT2D eigenvalue weighted by Gasteiger charge is 2.20. The summed E-state index contributed by atoms with van der Waals surface area (Å²) >= 11 is 0. The van der Waals surface area contributed by atoms with Crippen LogP contribution in [0.3, 0.4) is 0 Å². The quantitative estimate of drug-likeness (QED) is 0.392. The molecule has 0 aliphatic carbocycles. The zero-order valence-electron chi connectivity index (χ0n) is 11.0. The fourth-order valence-corrected chi connectivity index (χ4v) is 1.75. The van der Waals surface area contributed by atoms with E-state index in [1.807, 2.05) is 14.1 Å². The van der Waals surface area contributed by atoms with E-state index in [1.54, 1.807) is 4.90 Å². The minimum atomic E-state index is 0.0840. The van der Waals surface area contributed by atoms with Gasteiger partial charge in [0.1, 0.15) is 0 Å². The van der Waals surface area contributed by atoms with Gasteiger partial charge < -0.3 is 15.5 Å². The van der Waals surface area contributed by atoms with Crippen molar-refractivity contribution in [2.45, 2.75) is 18.9 Å². The Balaban J connectivity index is 2.02. The number of carbonyl (C=O) groups is 1. The molecule has 5 N–H and O–H groups in total. The Morgan fingerprint density at radius 1 is 1.37 bits per heavy atom. The molecule has 1 aromatic rings. The molecule has 0 aromatic carbocycles. The van der Waals surface area contributed by atoms with Crippen molar-refractivity contribution in [1.82, 2.24) is 20.3 Å². The van der Waals surface area contributed by atoms with Crippen LogP contribution in [0.1, 0.15) is 12.8 Å². The van der Waals surface area contributed by atoms with Crippen LogP contribution in [0.2, 0.25) is 0 Å². The highest BCUT2D eigenvalue weighted by molar-refractivity contribution is 5.78. The van der Waals surface area contributed by atoms with E-state index in [0.717, 1.165) is 6.42 Å². The summed E-state index contributed by atoms with van der Waals surface area (Å²) in [5.74, 6) is 6.62. The van der Waals surface area contributed by atoms with E-state index in [0.29, 0.717) is 24.9 Å². The van der Waals surface area contributed by atoms with E-state index in [-0.39, 0.29) is 17.9 Å². The second-order valence-corrected chi connectivity index (χ2v) is 4.51. The molecule has 1 atom stereocenters. The van der Waals surface area contributed by atoms with Crippen LogP contribution in [-0.4, -0.2) is 47.5 Å². The van der Waals surface area contributed by atoms with Crippen molar-refractivity contribution in [3.05, 3.63) is 0 Å². The third-order valence-electron chi connectivity index (χ3n) is 2.74. The molecule has 1 saturated heterocycles. The van der Waals surface area contributed by atoms with Gasteiger partial charge in [0.05, 0.1) is 0 Å². The lowest BCUT2D eigenvalue weighted by atomic mass is 10.2. The Morgan fingerprint density at radius 3 is 2.68 bits per heavy atom. The van der Waals surface area contributed by atoms with Crippen molar-refractivity contribution in [3.63, 3.8) is 0 Å². The monoisotopic (exact) mass is 266 g/mol. The third-order valence-corrected chi connectivity index (χ3v) is 2.74. The van der Waals surface area contributed by atoms with Crippen LogP contribution in [0.15, 0.2) is 0 Å². The first kappa shape index (κ1) is 13.3. The van der Waals surface area contributed by atoms with Crippen LogP contribution in [0.25, 0.3) is 0 Å². The van der Waals surface area contributed by atoms with E-state index >= 15 is 0 Å². The predicted octanol–water partition coefficient (Wildman–Crippen LogP) is -1.09. The molecule has 1 unspecified atom stereocenters. The zero-order chi connectivity index (χ0) is 13.8. The molecule has 2 heterocycles. The SMILES string of the molecule is CN(C)c1nc(NN)nc(NCC2CCC(=O)N2)n1. The fourth-order valence-electron chi connectivity index (χ4n) is 1.75. The van der Waals surface area contributed by atoms with Crippen LogP contribution >= 0.6 is 0 Å². The van der Waals surface area contributed by atoms with Gasteiger partial charge in [0.25, 0.3) is 0 Å². The van der Waals surface area contributed by atoms with Gasteiger partial charge >= 0.3 is 0 Å². The molecule has 1 fully saturated rings. The molecule has 9 heteroatoms. The number of hydrazine groups is 1.